The van der Waals surface area contributed by atoms with Gasteiger partial charge in [-0.25, -0.2) is 0 Å². The summed E-state index contributed by atoms with van der Waals surface area (Å²) in [6.07, 6.45) is 2.94. The van der Waals surface area contributed by atoms with E-state index in [1.165, 1.54) is 22.1 Å². The maximum Gasteiger partial charge on any atom is 0.0744 e. The Labute approximate surface area is 136 Å². The fraction of sp³-hybridized carbons (Fsp3) is 0.238. The van der Waals surface area contributed by atoms with Gasteiger partial charge in [-0.05, 0) is 44.4 Å². The fourth-order valence-corrected chi connectivity index (χ4v) is 3.44. The number of aryl methyl sites for hydroxylation is 1. The number of para-hydroxylation sites is 1. The Bertz CT molecular complexity index is 935. The molecule has 0 fully saturated rings. The predicted molar refractivity (Wildman–Crippen MR) is 96.3 cm³/mol. The van der Waals surface area contributed by atoms with E-state index < -0.39 is 0 Å². The van der Waals surface area contributed by atoms with Crippen molar-refractivity contribution in [3.05, 3.63) is 77.0 Å². The average molecular weight is 300 g/mol. The summed E-state index contributed by atoms with van der Waals surface area (Å²) in [5.74, 6) is 0. The van der Waals surface area contributed by atoms with Crippen molar-refractivity contribution in [2.24, 2.45) is 4.99 Å². The van der Waals surface area contributed by atoms with Crippen molar-refractivity contribution in [3.8, 4) is 0 Å². The van der Waals surface area contributed by atoms with E-state index in [4.69, 9.17) is 9.98 Å². The monoisotopic (exact) mass is 300 g/mol. The lowest BCUT2D eigenvalue weighted by molar-refractivity contribution is 0.513. The molecule has 1 aliphatic heterocycles. The summed E-state index contributed by atoms with van der Waals surface area (Å²) in [5, 5.41) is 1.17. The third kappa shape index (κ3) is 2.44. The van der Waals surface area contributed by atoms with E-state index in [1.807, 2.05) is 6.20 Å². The molecule has 1 aromatic heterocycles. The molecule has 0 aliphatic carbocycles. The molecule has 1 aliphatic rings. The first kappa shape index (κ1) is 14.1. The predicted octanol–water partition coefficient (Wildman–Crippen LogP) is 4.72. The summed E-state index contributed by atoms with van der Waals surface area (Å²) in [6, 6.07) is 17.1. The standard InChI is InChI=1S/C21H20N2/c1-14-7-6-9-15-11-17(13-22-19(14)15)20-18-10-5-4-8-16(18)12-21(2,3)23-20/h4-11,13H,12H2,1-3H3. The van der Waals surface area contributed by atoms with Gasteiger partial charge in [-0.3, -0.25) is 9.98 Å². The molecule has 0 saturated carbocycles. The second kappa shape index (κ2) is 5.02. The third-order valence-electron chi connectivity index (χ3n) is 4.50. The van der Waals surface area contributed by atoms with Crippen molar-refractivity contribution in [2.45, 2.75) is 32.7 Å². The second-order valence-corrected chi connectivity index (χ2v) is 6.98. The van der Waals surface area contributed by atoms with Crippen LogP contribution in [0.5, 0.6) is 0 Å². The first-order chi connectivity index (χ1) is 11.0. The molecule has 0 bridgehead atoms. The molecule has 2 aromatic carbocycles. The van der Waals surface area contributed by atoms with Gasteiger partial charge in [-0.1, -0.05) is 42.5 Å². The van der Waals surface area contributed by atoms with E-state index in [0.717, 1.165) is 23.2 Å². The molecule has 2 nitrogen and oxygen atoms in total. The molecule has 114 valence electrons. The summed E-state index contributed by atoms with van der Waals surface area (Å²) in [7, 11) is 0. The molecule has 23 heavy (non-hydrogen) atoms. The Hall–Kier alpha value is -2.48. The van der Waals surface area contributed by atoms with Crippen LogP contribution in [0.15, 0.2) is 59.7 Å². The van der Waals surface area contributed by atoms with E-state index in [9.17, 15) is 0 Å². The van der Waals surface area contributed by atoms with E-state index in [-0.39, 0.29) is 5.54 Å². The van der Waals surface area contributed by atoms with E-state index in [1.54, 1.807) is 0 Å². The molecule has 0 N–H and O–H groups in total. The Balaban J connectivity index is 1.94. The molecule has 2 heteroatoms. The van der Waals surface area contributed by atoms with E-state index in [0.29, 0.717) is 0 Å². The van der Waals surface area contributed by atoms with Crippen molar-refractivity contribution < 1.29 is 0 Å². The summed E-state index contributed by atoms with van der Waals surface area (Å²) >= 11 is 0. The topological polar surface area (TPSA) is 25.2 Å². The highest BCUT2D eigenvalue weighted by molar-refractivity contribution is 6.15. The van der Waals surface area contributed by atoms with E-state index >= 15 is 0 Å². The summed E-state index contributed by atoms with van der Waals surface area (Å²) in [4.78, 5) is 9.73. The van der Waals surface area contributed by atoms with Crippen molar-refractivity contribution in [3.63, 3.8) is 0 Å². The Morgan fingerprint density at radius 2 is 1.83 bits per heavy atom. The molecule has 0 saturated heterocycles. The van der Waals surface area contributed by atoms with Crippen LogP contribution in [0.2, 0.25) is 0 Å². The maximum atomic E-state index is 5.03. The molecule has 0 unspecified atom stereocenters. The van der Waals surface area contributed by atoms with Gasteiger partial charge in [0.15, 0.2) is 0 Å². The van der Waals surface area contributed by atoms with Crippen molar-refractivity contribution >= 4 is 16.6 Å². The van der Waals surface area contributed by atoms with Crippen LogP contribution >= 0.6 is 0 Å². The maximum absolute atomic E-state index is 5.03. The van der Waals surface area contributed by atoms with Crippen LogP contribution in [0, 0.1) is 6.92 Å². The van der Waals surface area contributed by atoms with Gasteiger partial charge in [0.1, 0.15) is 0 Å². The zero-order valence-electron chi connectivity index (χ0n) is 13.8. The lowest BCUT2D eigenvalue weighted by atomic mass is 9.85. The Kier molecular flexibility index (Phi) is 3.08. The highest BCUT2D eigenvalue weighted by atomic mass is 14.9. The van der Waals surface area contributed by atoms with Gasteiger partial charge in [-0.2, -0.15) is 0 Å². The number of hydrogen-bond donors (Lipinski definition) is 0. The average Bonchev–Trinajstić information content (AvgIpc) is 2.53. The minimum atomic E-state index is -0.0781. The minimum Gasteiger partial charge on any atom is -0.278 e. The van der Waals surface area contributed by atoms with Gasteiger partial charge in [0, 0.05) is 22.7 Å². The number of aromatic nitrogens is 1. The van der Waals surface area contributed by atoms with Crippen LogP contribution in [0.3, 0.4) is 0 Å². The number of fused-ring (bicyclic) bond motifs is 2. The largest absolute Gasteiger partial charge is 0.278 e. The molecular weight excluding hydrogens is 280 g/mol. The number of benzene rings is 2. The zero-order chi connectivity index (χ0) is 16.0. The van der Waals surface area contributed by atoms with Gasteiger partial charge >= 0.3 is 0 Å². The quantitative estimate of drug-likeness (QED) is 0.638. The second-order valence-electron chi connectivity index (χ2n) is 6.98. The minimum absolute atomic E-state index is 0.0781. The Morgan fingerprint density at radius 3 is 2.70 bits per heavy atom. The number of aliphatic imine (C=N–C) groups is 1. The summed E-state index contributed by atoms with van der Waals surface area (Å²) in [5.41, 5.74) is 6.97. The molecule has 4 rings (SSSR count). The van der Waals surface area contributed by atoms with Gasteiger partial charge in [0.05, 0.1) is 16.8 Å². The Morgan fingerprint density at radius 1 is 1.00 bits per heavy atom. The first-order valence-electron chi connectivity index (χ1n) is 8.07. The SMILES string of the molecule is Cc1cccc2cc(C3=NC(C)(C)Cc4ccccc43)cnc12. The summed E-state index contributed by atoms with van der Waals surface area (Å²) < 4.78 is 0. The molecule has 0 atom stereocenters. The lowest BCUT2D eigenvalue weighted by Gasteiger charge is -2.29. The molecule has 0 amide bonds. The molecule has 0 spiro atoms. The van der Waals surface area contributed by atoms with Crippen LogP contribution in [0.1, 0.15) is 36.1 Å². The van der Waals surface area contributed by atoms with Crippen LogP contribution in [-0.2, 0) is 6.42 Å². The highest BCUT2D eigenvalue weighted by Gasteiger charge is 2.27. The van der Waals surface area contributed by atoms with Crippen molar-refractivity contribution in [1.82, 2.24) is 4.98 Å². The smallest absolute Gasteiger partial charge is 0.0744 e. The number of hydrogen-bond acceptors (Lipinski definition) is 2. The zero-order valence-corrected chi connectivity index (χ0v) is 13.8. The fourth-order valence-electron chi connectivity index (χ4n) is 3.44. The third-order valence-corrected chi connectivity index (χ3v) is 4.50. The number of rotatable bonds is 1. The summed E-state index contributed by atoms with van der Waals surface area (Å²) in [6.45, 7) is 6.49. The van der Waals surface area contributed by atoms with Gasteiger partial charge in [-0.15, -0.1) is 0 Å². The van der Waals surface area contributed by atoms with Crippen LogP contribution in [-0.4, -0.2) is 16.2 Å². The number of nitrogens with zero attached hydrogens (tertiary/aromatic N) is 2. The van der Waals surface area contributed by atoms with Gasteiger partial charge < -0.3 is 0 Å². The van der Waals surface area contributed by atoms with E-state index in [2.05, 4.69) is 69.3 Å². The first-order valence-corrected chi connectivity index (χ1v) is 8.07. The molecular formula is C21H20N2. The van der Waals surface area contributed by atoms with Crippen LogP contribution < -0.4 is 0 Å². The van der Waals surface area contributed by atoms with Gasteiger partial charge in [0.2, 0.25) is 0 Å². The van der Waals surface area contributed by atoms with Gasteiger partial charge in [0.25, 0.3) is 0 Å². The highest BCUT2D eigenvalue weighted by Crippen LogP contribution is 2.30. The van der Waals surface area contributed by atoms with Crippen molar-refractivity contribution in [2.75, 3.05) is 0 Å². The van der Waals surface area contributed by atoms with Crippen LogP contribution in [0.25, 0.3) is 10.9 Å². The lowest BCUT2D eigenvalue weighted by Crippen LogP contribution is -2.29. The molecule has 0 radical (unpaired) electrons. The van der Waals surface area contributed by atoms with Crippen LogP contribution in [0.4, 0.5) is 0 Å². The van der Waals surface area contributed by atoms with Crippen molar-refractivity contribution in [1.29, 1.82) is 0 Å². The molecule has 2 heterocycles. The molecule has 3 aromatic rings. The normalized spacial score (nSPS) is 16.0. The number of pyridine rings is 1.